The molecular formula is C16H18N4O. The van der Waals surface area contributed by atoms with Crippen LogP contribution >= 0.6 is 0 Å². The summed E-state index contributed by atoms with van der Waals surface area (Å²) in [6, 6.07) is 4.02. The van der Waals surface area contributed by atoms with Crippen molar-refractivity contribution < 1.29 is 4.42 Å². The first-order valence-electron chi connectivity index (χ1n) is 7.79. The number of hydrazine groups is 1. The van der Waals surface area contributed by atoms with E-state index in [1.165, 1.54) is 25.7 Å². The van der Waals surface area contributed by atoms with Gasteiger partial charge < -0.3 is 9.84 Å². The number of amidine groups is 1. The number of hydrogen-bond donors (Lipinski definition) is 2. The van der Waals surface area contributed by atoms with Gasteiger partial charge in [0.25, 0.3) is 0 Å². The molecule has 5 heteroatoms. The van der Waals surface area contributed by atoms with Crippen molar-refractivity contribution in [2.45, 2.75) is 37.8 Å². The Bertz CT molecular complexity index is 729. The molecule has 2 bridgehead atoms. The van der Waals surface area contributed by atoms with Crippen LogP contribution < -0.4 is 10.9 Å². The average Bonchev–Trinajstić information content (AvgIpc) is 3.15. The number of aliphatic imine (C=N–C) groups is 1. The van der Waals surface area contributed by atoms with Gasteiger partial charge in [-0.1, -0.05) is 0 Å². The van der Waals surface area contributed by atoms with E-state index in [2.05, 4.69) is 21.9 Å². The molecule has 0 aromatic carbocycles. The summed E-state index contributed by atoms with van der Waals surface area (Å²) < 4.78 is 5.30. The lowest BCUT2D eigenvalue weighted by Gasteiger charge is -2.47. The van der Waals surface area contributed by atoms with E-state index in [-0.39, 0.29) is 5.66 Å². The summed E-state index contributed by atoms with van der Waals surface area (Å²) in [6.07, 6.45) is 10.0. The molecule has 21 heavy (non-hydrogen) atoms. The summed E-state index contributed by atoms with van der Waals surface area (Å²) in [5.74, 6) is 2.41. The molecule has 1 spiro atoms. The Morgan fingerprint density at radius 1 is 1.24 bits per heavy atom. The summed E-state index contributed by atoms with van der Waals surface area (Å²) in [4.78, 5) is 9.40. The van der Waals surface area contributed by atoms with Gasteiger partial charge in [0, 0.05) is 17.1 Å². The van der Waals surface area contributed by atoms with Crippen LogP contribution in [0, 0.1) is 11.8 Å². The smallest absolute Gasteiger partial charge is 0.225 e. The second-order valence-corrected chi connectivity index (χ2v) is 6.60. The molecule has 0 radical (unpaired) electrons. The minimum atomic E-state index is -0.0815. The standard InChI is InChI=1S/C16H18N4O/c1-3-13-4-2-10(1)8-16(13)18-14(19-20-16)12-7-11-5-6-21-15(11)17-9-12/h5-7,9-10,13,20H,1-4,8H2,(H,18,19)/t10?,13?,16-/m1/s1. The lowest BCUT2D eigenvalue weighted by Crippen LogP contribution is -2.56. The van der Waals surface area contributed by atoms with Crippen LogP contribution in [-0.4, -0.2) is 16.5 Å². The van der Waals surface area contributed by atoms with Gasteiger partial charge >= 0.3 is 0 Å². The molecular weight excluding hydrogens is 264 g/mol. The van der Waals surface area contributed by atoms with Crippen molar-refractivity contribution in [1.29, 1.82) is 0 Å². The van der Waals surface area contributed by atoms with E-state index in [9.17, 15) is 0 Å². The first-order chi connectivity index (χ1) is 10.3. The molecule has 1 atom stereocenters. The van der Waals surface area contributed by atoms with Gasteiger partial charge in [0.2, 0.25) is 5.71 Å². The second kappa shape index (κ2) is 4.07. The van der Waals surface area contributed by atoms with Crippen molar-refractivity contribution >= 4 is 16.9 Å². The molecule has 108 valence electrons. The third-order valence-corrected chi connectivity index (χ3v) is 5.41. The topological polar surface area (TPSA) is 62.5 Å². The fourth-order valence-corrected chi connectivity index (χ4v) is 4.29. The van der Waals surface area contributed by atoms with Crippen molar-refractivity contribution in [2.75, 3.05) is 0 Å². The zero-order valence-electron chi connectivity index (χ0n) is 11.8. The van der Waals surface area contributed by atoms with Crippen molar-refractivity contribution in [3.05, 3.63) is 30.2 Å². The quantitative estimate of drug-likeness (QED) is 0.844. The highest BCUT2D eigenvalue weighted by Gasteiger charge is 2.49. The monoisotopic (exact) mass is 282 g/mol. The fraction of sp³-hybridized carbons (Fsp3) is 0.500. The number of rotatable bonds is 1. The number of nitrogens with one attached hydrogen (secondary N) is 2. The SMILES string of the molecule is c1cc2cc(C3=N[C@]4(CC5CCC4CC5)NN3)cnc2o1. The summed E-state index contributed by atoms with van der Waals surface area (Å²) in [7, 11) is 0. The lowest BCUT2D eigenvalue weighted by atomic mass is 9.65. The third kappa shape index (κ3) is 1.67. The minimum Gasteiger partial charge on any atom is -0.446 e. The average molecular weight is 282 g/mol. The van der Waals surface area contributed by atoms with Crippen LogP contribution in [0.1, 0.15) is 37.7 Å². The number of furan rings is 1. The number of pyridine rings is 1. The maximum absolute atomic E-state index is 5.30. The third-order valence-electron chi connectivity index (χ3n) is 5.41. The Hall–Kier alpha value is -1.88. The minimum absolute atomic E-state index is 0.0815. The van der Waals surface area contributed by atoms with Crippen molar-refractivity contribution in [3.8, 4) is 0 Å². The van der Waals surface area contributed by atoms with Gasteiger partial charge in [-0.25, -0.2) is 15.4 Å². The Morgan fingerprint density at radius 2 is 2.14 bits per heavy atom. The Labute approximate surface area is 122 Å². The Morgan fingerprint density at radius 3 is 2.95 bits per heavy atom. The van der Waals surface area contributed by atoms with Gasteiger partial charge in [0.15, 0.2) is 0 Å². The van der Waals surface area contributed by atoms with E-state index >= 15 is 0 Å². The summed E-state index contributed by atoms with van der Waals surface area (Å²) in [5.41, 5.74) is 8.41. The maximum Gasteiger partial charge on any atom is 0.225 e. The number of hydrogen-bond acceptors (Lipinski definition) is 5. The van der Waals surface area contributed by atoms with Crippen molar-refractivity contribution in [3.63, 3.8) is 0 Å². The van der Waals surface area contributed by atoms with E-state index in [1.807, 2.05) is 12.3 Å². The second-order valence-electron chi connectivity index (χ2n) is 6.60. The van der Waals surface area contributed by atoms with Gasteiger partial charge in [-0.05, 0) is 56.1 Å². The number of aromatic nitrogens is 1. The lowest BCUT2D eigenvalue weighted by molar-refractivity contribution is 0.0506. The fourth-order valence-electron chi connectivity index (χ4n) is 4.29. The normalized spacial score (nSPS) is 34.4. The van der Waals surface area contributed by atoms with E-state index in [0.29, 0.717) is 11.6 Å². The molecule has 2 aromatic rings. The van der Waals surface area contributed by atoms with Crippen LogP contribution in [-0.2, 0) is 0 Å². The molecule has 0 saturated heterocycles. The molecule has 5 nitrogen and oxygen atoms in total. The number of fused-ring (bicyclic) bond motifs is 3. The predicted molar refractivity (Wildman–Crippen MR) is 79.6 cm³/mol. The zero-order valence-corrected chi connectivity index (χ0v) is 11.8. The van der Waals surface area contributed by atoms with Crippen LogP contribution in [0.2, 0.25) is 0 Å². The van der Waals surface area contributed by atoms with Gasteiger partial charge in [0.1, 0.15) is 11.5 Å². The van der Waals surface area contributed by atoms with Crippen molar-refractivity contribution in [1.82, 2.24) is 15.8 Å². The van der Waals surface area contributed by atoms with Crippen LogP contribution in [0.3, 0.4) is 0 Å². The highest BCUT2D eigenvalue weighted by atomic mass is 16.3. The van der Waals surface area contributed by atoms with Gasteiger partial charge in [-0.2, -0.15) is 0 Å². The van der Waals surface area contributed by atoms with E-state index in [1.54, 1.807) is 6.26 Å². The van der Waals surface area contributed by atoms with E-state index in [4.69, 9.17) is 9.41 Å². The molecule has 2 N–H and O–H groups in total. The van der Waals surface area contributed by atoms with Crippen LogP contribution in [0.4, 0.5) is 0 Å². The van der Waals surface area contributed by atoms with Gasteiger partial charge in [0.05, 0.1) is 6.26 Å². The first kappa shape index (κ1) is 11.7. The number of nitrogens with zero attached hydrogens (tertiary/aromatic N) is 2. The molecule has 3 aliphatic carbocycles. The molecule has 0 amide bonds. The van der Waals surface area contributed by atoms with E-state index < -0.39 is 0 Å². The molecule has 3 saturated carbocycles. The van der Waals surface area contributed by atoms with Crippen LogP contribution in [0.5, 0.6) is 0 Å². The predicted octanol–water partition coefficient (Wildman–Crippen LogP) is 2.59. The van der Waals surface area contributed by atoms with Crippen LogP contribution in [0.25, 0.3) is 11.1 Å². The zero-order chi connectivity index (χ0) is 13.9. The molecule has 1 aliphatic heterocycles. The van der Waals surface area contributed by atoms with Crippen LogP contribution in [0.15, 0.2) is 34.0 Å². The summed E-state index contributed by atoms with van der Waals surface area (Å²) in [6.45, 7) is 0. The van der Waals surface area contributed by atoms with Crippen molar-refractivity contribution in [2.24, 2.45) is 16.8 Å². The summed E-state index contributed by atoms with van der Waals surface area (Å²) >= 11 is 0. The molecule has 2 aromatic heterocycles. The van der Waals surface area contributed by atoms with E-state index in [0.717, 1.165) is 29.1 Å². The molecule has 0 unspecified atom stereocenters. The Kier molecular flexibility index (Phi) is 2.28. The highest BCUT2D eigenvalue weighted by Crippen LogP contribution is 2.48. The summed E-state index contributed by atoms with van der Waals surface area (Å²) in [5, 5.41) is 1.02. The molecule has 6 rings (SSSR count). The first-order valence-corrected chi connectivity index (χ1v) is 7.79. The maximum atomic E-state index is 5.30. The molecule has 3 fully saturated rings. The molecule has 4 aliphatic rings. The van der Waals surface area contributed by atoms with Gasteiger partial charge in [-0.3, -0.25) is 0 Å². The largest absolute Gasteiger partial charge is 0.446 e. The Balaban J connectivity index is 1.53. The van der Waals surface area contributed by atoms with Gasteiger partial charge in [-0.15, -0.1) is 0 Å². The highest BCUT2D eigenvalue weighted by molar-refractivity contribution is 6.01. The molecule has 3 heterocycles.